The number of likely N-dealkylation sites (tertiary alicyclic amines) is 1. The Morgan fingerprint density at radius 3 is 2.74 bits per heavy atom. The number of benzene rings is 1. The molecule has 2 fully saturated rings. The molecule has 3 heteroatoms. The van der Waals surface area contributed by atoms with Crippen LogP contribution in [0.4, 0.5) is 10.1 Å². The van der Waals surface area contributed by atoms with Gasteiger partial charge in [-0.2, -0.15) is 0 Å². The minimum atomic E-state index is -0.171. The molecule has 104 valence electrons. The predicted octanol–water partition coefficient (Wildman–Crippen LogP) is 3.50. The van der Waals surface area contributed by atoms with Crippen LogP contribution in [-0.2, 0) is 0 Å². The summed E-state index contributed by atoms with van der Waals surface area (Å²) in [6, 6.07) is 7.47. The molecule has 0 bridgehead atoms. The van der Waals surface area contributed by atoms with Crippen LogP contribution in [0.5, 0.6) is 0 Å². The average molecular weight is 262 g/mol. The van der Waals surface area contributed by atoms with Crippen LogP contribution in [0.3, 0.4) is 0 Å². The molecule has 3 rings (SSSR count). The van der Waals surface area contributed by atoms with Crippen LogP contribution in [0.25, 0.3) is 0 Å². The number of fused-ring (bicyclic) bond motifs is 1. The van der Waals surface area contributed by atoms with E-state index < -0.39 is 0 Å². The maximum absolute atomic E-state index is 12.8. The van der Waals surface area contributed by atoms with Crippen molar-refractivity contribution < 1.29 is 4.39 Å². The summed E-state index contributed by atoms with van der Waals surface area (Å²) < 4.78 is 12.8. The molecule has 2 unspecified atom stereocenters. The first kappa shape index (κ1) is 12.9. The zero-order chi connectivity index (χ0) is 13.1. The summed E-state index contributed by atoms with van der Waals surface area (Å²) >= 11 is 0. The van der Waals surface area contributed by atoms with E-state index in [1.807, 2.05) is 12.1 Å². The molecular formula is C16H23FN2. The maximum Gasteiger partial charge on any atom is 0.123 e. The first-order valence-corrected chi connectivity index (χ1v) is 7.56. The molecule has 0 amide bonds. The van der Waals surface area contributed by atoms with E-state index in [0.29, 0.717) is 0 Å². The van der Waals surface area contributed by atoms with Crippen LogP contribution in [0, 0.1) is 11.7 Å². The van der Waals surface area contributed by atoms with Gasteiger partial charge in [-0.05, 0) is 56.0 Å². The van der Waals surface area contributed by atoms with Crippen molar-refractivity contribution in [1.82, 2.24) is 4.90 Å². The third-order valence-corrected chi connectivity index (χ3v) is 4.70. The first-order valence-electron chi connectivity index (χ1n) is 7.56. The lowest BCUT2D eigenvalue weighted by molar-refractivity contribution is 0.188. The SMILES string of the molecule is Fc1ccc(NCCN2CCC3CCCCC32)cc1. The van der Waals surface area contributed by atoms with E-state index in [2.05, 4.69) is 10.2 Å². The van der Waals surface area contributed by atoms with Crippen molar-refractivity contribution in [3.63, 3.8) is 0 Å². The van der Waals surface area contributed by atoms with Gasteiger partial charge in [-0.3, -0.25) is 4.90 Å². The van der Waals surface area contributed by atoms with Gasteiger partial charge < -0.3 is 5.32 Å². The Labute approximate surface area is 115 Å². The number of nitrogens with zero attached hydrogens (tertiary/aromatic N) is 1. The summed E-state index contributed by atoms with van der Waals surface area (Å²) in [5, 5.41) is 3.39. The van der Waals surface area contributed by atoms with Crippen molar-refractivity contribution in [2.45, 2.75) is 38.1 Å². The molecule has 0 radical (unpaired) electrons. The fourth-order valence-corrected chi connectivity index (χ4v) is 3.69. The van der Waals surface area contributed by atoms with Gasteiger partial charge >= 0.3 is 0 Å². The fourth-order valence-electron chi connectivity index (χ4n) is 3.69. The highest BCUT2D eigenvalue weighted by Gasteiger charge is 2.34. The molecule has 1 aromatic carbocycles. The normalized spacial score (nSPS) is 27.2. The molecule has 1 N–H and O–H groups in total. The van der Waals surface area contributed by atoms with Crippen molar-refractivity contribution in [2.24, 2.45) is 5.92 Å². The van der Waals surface area contributed by atoms with Crippen molar-refractivity contribution >= 4 is 5.69 Å². The van der Waals surface area contributed by atoms with E-state index in [1.54, 1.807) is 0 Å². The lowest BCUT2D eigenvalue weighted by Gasteiger charge is -2.31. The Kier molecular flexibility index (Phi) is 4.02. The standard InChI is InChI=1S/C16H23FN2/c17-14-5-7-15(8-6-14)18-10-12-19-11-9-13-3-1-2-4-16(13)19/h5-8,13,16,18H,1-4,9-12H2. The summed E-state index contributed by atoms with van der Waals surface area (Å²) in [5.74, 6) is 0.787. The molecule has 1 aliphatic carbocycles. The molecule has 2 aliphatic rings. The quantitative estimate of drug-likeness (QED) is 0.893. The van der Waals surface area contributed by atoms with Gasteiger partial charge in [0, 0.05) is 24.8 Å². The van der Waals surface area contributed by atoms with Gasteiger partial charge in [-0.1, -0.05) is 12.8 Å². The molecule has 1 saturated heterocycles. The summed E-state index contributed by atoms with van der Waals surface area (Å²) in [5.41, 5.74) is 1.01. The van der Waals surface area contributed by atoms with Crippen LogP contribution in [0.2, 0.25) is 0 Å². The number of halogens is 1. The van der Waals surface area contributed by atoms with Crippen LogP contribution in [-0.4, -0.2) is 30.6 Å². The second-order valence-electron chi connectivity index (χ2n) is 5.87. The number of nitrogens with one attached hydrogen (secondary N) is 1. The number of anilines is 1. The Hall–Kier alpha value is -1.09. The Morgan fingerprint density at radius 1 is 1.11 bits per heavy atom. The zero-order valence-electron chi connectivity index (χ0n) is 11.4. The molecule has 0 spiro atoms. The van der Waals surface area contributed by atoms with Gasteiger partial charge in [0.1, 0.15) is 5.82 Å². The Balaban J connectivity index is 1.46. The third kappa shape index (κ3) is 3.08. The molecule has 1 aromatic rings. The molecule has 1 aliphatic heterocycles. The second kappa shape index (κ2) is 5.91. The summed E-state index contributed by atoms with van der Waals surface area (Å²) in [6.07, 6.45) is 7.06. The average Bonchev–Trinajstić information content (AvgIpc) is 2.85. The highest BCUT2D eigenvalue weighted by molar-refractivity contribution is 5.42. The maximum atomic E-state index is 12.8. The van der Waals surface area contributed by atoms with Crippen LogP contribution < -0.4 is 5.32 Å². The number of hydrogen-bond acceptors (Lipinski definition) is 2. The van der Waals surface area contributed by atoms with Gasteiger partial charge in [0.05, 0.1) is 0 Å². The minimum Gasteiger partial charge on any atom is -0.384 e. The van der Waals surface area contributed by atoms with E-state index in [-0.39, 0.29) is 5.82 Å². The molecule has 1 saturated carbocycles. The smallest absolute Gasteiger partial charge is 0.123 e. The van der Waals surface area contributed by atoms with Gasteiger partial charge in [0.15, 0.2) is 0 Å². The zero-order valence-corrected chi connectivity index (χ0v) is 11.4. The largest absolute Gasteiger partial charge is 0.384 e. The van der Waals surface area contributed by atoms with Gasteiger partial charge in [-0.15, -0.1) is 0 Å². The highest BCUT2D eigenvalue weighted by Crippen LogP contribution is 2.35. The fraction of sp³-hybridized carbons (Fsp3) is 0.625. The summed E-state index contributed by atoms with van der Waals surface area (Å²) in [6.45, 7) is 3.33. The lowest BCUT2D eigenvalue weighted by atomic mass is 9.85. The number of hydrogen-bond donors (Lipinski definition) is 1. The van der Waals surface area contributed by atoms with Gasteiger partial charge in [0.2, 0.25) is 0 Å². The van der Waals surface area contributed by atoms with Crippen molar-refractivity contribution in [2.75, 3.05) is 25.0 Å². The van der Waals surface area contributed by atoms with Gasteiger partial charge in [0.25, 0.3) is 0 Å². The highest BCUT2D eigenvalue weighted by atomic mass is 19.1. The van der Waals surface area contributed by atoms with Crippen molar-refractivity contribution in [3.05, 3.63) is 30.1 Å². The predicted molar refractivity (Wildman–Crippen MR) is 76.8 cm³/mol. The van der Waals surface area contributed by atoms with E-state index >= 15 is 0 Å². The van der Waals surface area contributed by atoms with Gasteiger partial charge in [-0.25, -0.2) is 4.39 Å². The molecule has 2 nitrogen and oxygen atoms in total. The van der Waals surface area contributed by atoms with Crippen LogP contribution in [0.1, 0.15) is 32.1 Å². The Bertz CT molecular complexity index is 404. The van der Waals surface area contributed by atoms with E-state index in [1.165, 1.54) is 50.8 Å². The summed E-state index contributed by atoms with van der Waals surface area (Å²) in [7, 11) is 0. The van der Waals surface area contributed by atoms with Crippen LogP contribution in [0.15, 0.2) is 24.3 Å². The molecule has 0 aromatic heterocycles. The molecule has 1 heterocycles. The third-order valence-electron chi connectivity index (χ3n) is 4.70. The molecule has 19 heavy (non-hydrogen) atoms. The van der Waals surface area contributed by atoms with Crippen LogP contribution >= 0.6 is 0 Å². The first-order chi connectivity index (χ1) is 9.33. The minimum absolute atomic E-state index is 0.171. The summed E-state index contributed by atoms with van der Waals surface area (Å²) in [4.78, 5) is 2.65. The van der Waals surface area contributed by atoms with E-state index in [9.17, 15) is 4.39 Å². The second-order valence-corrected chi connectivity index (χ2v) is 5.87. The lowest BCUT2D eigenvalue weighted by Crippen LogP contribution is -2.37. The van der Waals surface area contributed by atoms with Crippen molar-refractivity contribution in [1.29, 1.82) is 0 Å². The van der Waals surface area contributed by atoms with E-state index in [4.69, 9.17) is 0 Å². The van der Waals surface area contributed by atoms with Crippen molar-refractivity contribution in [3.8, 4) is 0 Å². The number of rotatable bonds is 4. The van der Waals surface area contributed by atoms with E-state index in [0.717, 1.165) is 30.7 Å². The Morgan fingerprint density at radius 2 is 1.89 bits per heavy atom. The molecule has 2 atom stereocenters. The topological polar surface area (TPSA) is 15.3 Å². The molecular weight excluding hydrogens is 239 g/mol. The monoisotopic (exact) mass is 262 g/mol.